The van der Waals surface area contributed by atoms with Crippen molar-refractivity contribution in [3.8, 4) is 0 Å². The summed E-state index contributed by atoms with van der Waals surface area (Å²) in [5.74, 6) is -0.731. The van der Waals surface area contributed by atoms with Crippen LogP contribution in [0.15, 0.2) is 35.3 Å². The van der Waals surface area contributed by atoms with Gasteiger partial charge >= 0.3 is 6.18 Å². The Balaban J connectivity index is 2.25. The first-order valence-corrected chi connectivity index (χ1v) is 7.37. The van der Waals surface area contributed by atoms with E-state index in [1.807, 2.05) is 0 Å². The van der Waals surface area contributed by atoms with Crippen LogP contribution in [0.1, 0.15) is 11.1 Å². The summed E-state index contributed by atoms with van der Waals surface area (Å²) in [6.45, 7) is 1.09. The lowest BCUT2D eigenvalue weighted by atomic mass is 10.2. The molecule has 0 unspecified atom stereocenters. The maximum Gasteiger partial charge on any atom is 0.417 e. The first kappa shape index (κ1) is 18.4. The summed E-state index contributed by atoms with van der Waals surface area (Å²) in [5.41, 5.74) is -0.961. The zero-order valence-electron chi connectivity index (χ0n) is 12.2. The molecule has 0 spiro atoms. The van der Waals surface area contributed by atoms with Crippen LogP contribution in [0.2, 0.25) is 10.0 Å². The van der Waals surface area contributed by atoms with Gasteiger partial charge in [-0.15, -0.1) is 0 Å². The zero-order valence-corrected chi connectivity index (χ0v) is 13.8. The number of hydrogen-bond acceptors (Lipinski definition) is 2. The molecule has 2 rings (SSSR count). The van der Waals surface area contributed by atoms with Gasteiger partial charge in [-0.2, -0.15) is 13.2 Å². The molecule has 1 amide bonds. The van der Waals surface area contributed by atoms with E-state index in [9.17, 15) is 22.8 Å². The van der Waals surface area contributed by atoms with Gasteiger partial charge in [0.1, 0.15) is 6.54 Å². The molecule has 24 heavy (non-hydrogen) atoms. The molecule has 0 aliphatic rings. The summed E-state index contributed by atoms with van der Waals surface area (Å²) < 4.78 is 38.7. The summed E-state index contributed by atoms with van der Waals surface area (Å²) in [7, 11) is 0. The number of nitrogens with zero attached hydrogens (tertiary/aromatic N) is 1. The number of carbonyl (C=O) groups excluding carboxylic acids is 1. The van der Waals surface area contributed by atoms with Gasteiger partial charge in [-0.25, -0.2) is 0 Å². The third-order valence-corrected chi connectivity index (χ3v) is 3.98. The first-order valence-electron chi connectivity index (χ1n) is 6.61. The lowest BCUT2D eigenvalue weighted by Crippen LogP contribution is -2.28. The number of carbonyl (C=O) groups is 1. The van der Waals surface area contributed by atoms with E-state index in [0.29, 0.717) is 22.4 Å². The van der Waals surface area contributed by atoms with Gasteiger partial charge in [-0.1, -0.05) is 29.3 Å². The number of alkyl halides is 3. The Morgan fingerprint density at radius 3 is 2.50 bits per heavy atom. The van der Waals surface area contributed by atoms with Crippen molar-refractivity contribution in [2.24, 2.45) is 0 Å². The van der Waals surface area contributed by atoms with Crippen molar-refractivity contribution >= 4 is 34.8 Å². The number of benzene rings is 1. The van der Waals surface area contributed by atoms with E-state index < -0.39 is 29.8 Å². The summed E-state index contributed by atoms with van der Waals surface area (Å²) >= 11 is 12.0. The van der Waals surface area contributed by atoms with Crippen molar-refractivity contribution in [1.29, 1.82) is 0 Å². The molecule has 128 valence electrons. The molecule has 0 aliphatic carbocycles. The van der Waals surface area contributed by atoms with Crippen LogP contribution in [0.5, 0.6) is 0 Å². The maximum atomic E-state index is 12.7. The molecule has 0 atom stereocenters. The van der Waals surface area contributed by atoms with E-state index in [4.69, 9.17) is 23.2 Å². The fourth-order valence-corrected chi connectivity index (χ4v) is 2.39. The number of hydrogen-bond donors (Lipinski definition) is 1. The third-order valence-electron chi connectivity index (χ3n) is 3.17. The van der Waals surface area contributed by atoms with E-state index in [0.717, 1.165) is 6.07 Å². The lowest BCUT2D eigenvalue weighted by molar-refractivity contribution is -0.138. The van der Waals surface area contributed by atoms with Crippen molar-refractivity contribution in [3.05, 3.63) is 62.0 Å². The predicted octanol–water partition coefficient (Wildman–Crippen LogP) is 4.12. The van der Waals surface area contributed by atoms with Gasteiger partial charge in [-0.3, -0.25) is 9.59 Å². The van der Waals surface area contributed by atoms with Crippen LogP contribution in [0.25, 0.3) is 0 Å². The summed E-state index contributed by atoms with van der Waals surface area (Å²) in [6, 6.07) is 4.58. The Morgan fingerprint density at radius 1 is 1.21 bits per heavy atom. The van der Waals surface area contributed by atoms with Crippen LogP contribution in [0.3, 0.4) is 0 Å². The van der Waals surface area contributed by atoms with Crippen molar-refractivity contribution < 1.29 is 18.0 Å². The van der Waals surface area contributed by atoms with E-state index in [-0.39, 0.29) is 15.7 Å². The quantitative estimate of drug-likeness (QED) is 0.873. The molecule has 0 fully saturated rings. The van der Waals surface area contributed by atoms with Crippen LogP contribution < -0.4 is 10.9 Å². The van der Waals surface area contributed by atoms with Crippen LogP contribution >= 0.6 is 23.2 Å². The van der Waals surface area contributed by atoms with Gasteiger partial charge in [0.05, 0.1) is 21.3 Å². The average molecular weight is 379 g/mol. The van der Waals surface area contributed by atoms with Crippen molar-refractivity contribution in [1.82, 2.24) is 4.57 Å². The molecule has 0 aliphatic heterocycles. The number of aromatic nitrogens is 1. The second-order valence-electron chi connectivity index (χ2n) is 4.98. The average Bonchev–Trinajstić information content (AvgIpc) is 2.49. The second-order valence-corrected chi connectivity index (χ2v) is 5.77. The number of aryl methyl sites for hydroxylation is 1. The molecule has 0 saturated carbocycles. The minimum Gasteiger partial charge on any atom is -0.322 e. The summed E-state index contributed by atoms with van der Waals surface area (Å²) in [6.07, 6.45) is -4.03. The van der Waals surface area contributed by atoms with E-state index in [1.54, 1.807) is 13.0 Å². The van der Waals surface area contributed by atoms with Crippen LogP contribution in [0, 0.1) is 6.92 Å². The Hall–Kier alpha value is -1.99. The topological polar surface area (TPSA) is 51.1 Å². The lowest BCUT2D eigenvalue weighted by Gasteiger charge is -2.13. The number of anilines is 1. The number of halogens is 5. The standard InChI is InChI=1S/C15H11Cl2F3N2O2/c1-8-2-4-10(16)14(13(8)17)21-11(23)7-22-6-9(15(18,19)20)3-5-12(22)24/h2-6H,7H2,1H3,(H,21,23). The van der Waals surface area contributed by atoms with Crippen LogP contribution in [0.4, 0.5) is 18.9 Å². The summed E-state index contributed by atoms with van der Waals surface area (Å²) in [5, 5.41) is 2.80. The molecule has 9 heteroatoms. The molecule has 0 saturated heterocycles. The zero-order chi connectivity index (χ0) is 18.1. The minimum atomic E-state index is -4.62. The smallest absolute Gasteiger partial charge is 0.322 e. The van der Waals surface area contributed by atoms with E-state index in [2.05, 4.69) is 5.32 Å². The Morgan fingerprint density at radius 2 is 1.88 bits per heavy atom. The minimum absolute atomic E-state index is 0.142. The van der Waals surface area contributed by atoms with Crippen LogP contribution in [-0.4, -0.2) is 10.5 Å². The molecule has 1 aromatic heterocycles. The van der Waals surface area contributed by atoms with Crippen molar-refractivity contribution in [2.45, 2.75) is 19.6 Å². The molecule has 1 aromatic carbocycles. The largest absolute Gasteiger partial charge is 0.417 e. The molecule has 1 N–H and O–H groups in total. The van der Waals surface area contributed by atoms with E-state index >= 15 is 0 Å². The molecule has 4 nitrogen and oxygen atoms in total. The third kappa shape index (κ3) is 4.10. The van der Waals surface area contributed by atoms with Gasteiger partial charge in [0.2, 0.25) is 5.91 Å². The molecule has 0 radical (unpaired) electrons. The molecule has 0 bridgehead atoms. The van der Waals surface area contributed by atoms with Gasteiger partial charge in [0.25, 0.3) is 5.56 Å². The predicted molar refractivity (Wildman–Crippen MR) is 85.5 cm³/mol. The number of pyridine rings is 1. The highest BCUT2D eigenvalue weighted by molar-refractivity contribution is 6.40. The number of nitrogens with one attached hydrogen (secondary N) is 1. The highest BCUT2D eigenvalue weighted by atomic mass is 35.5. The highest BCUT2D eigenvalue weighted by Gasteiger charge is 2.31. The normalized spacial score (nSPS) is 11.4. The Kier molecular flexibility index (Phi) is 5.25. The van der Waals surface area contributed by atoms with Gasteiger partial charge in [-0.05, 0) is 24.6 Å². The molecule has 1 heterocycles. The van der Waals surface area contributed by atoms with Gasteiger partial charge in [0, 0.05) is 12.3 Å². The fraction of sp³-hybridized carbons (Fsp3) is 0.200. The van der Waals surface area contributed by atoms with Gasteiger partial charge in [0.15, 0.2) is 0 Å². The number of rotatable bonds is 3. The van der Waals surface area contributed by atoms with Crippen LogP contribution in [-0.2, 0) is 17.5 Å². The van der Waals surface area contributed by atoms with Crippen molar-refractivity contribution in [3.63, 3.8) is 0 Å². The fourth-order valence-electron chi connectivity index (χ4n) is 1.93. The number of amides is 1. The summed E-state index contributed by atoms with van der Waals surface area (Å²) in [4.78, 5) is 23.7. The van der Waals surface area contributed by atoms with E-state index in [1.165, 1.54) is 6.07 Å². The Bertz CT molecular complexity index is 848. The SMILES string of the molecule is Cc1ccc(Cl)c(NC(=O)Cn2cc(C(F)(F)F)ccc2=O)c1Cl. The van der Waals surface area contributed by atoms with Gasteiger partial charge < -0.3 is 9.88 Å². The monoisotopic (exact) mass is 378 g/mol. The Labute approximate surface area is 144 Å². The molecule has 2 aromatic rings. The second kappa shape index (κ2) is 6.86. The molecular formula is C15H11Cl2F3N2O2. The maximum absolute atomic E-state index is 12.7. The first-order chi connectivity index (χ1) is 11.1. The highest BCUT2D eigenvalue weighted by Crippen LogP contribution is 2.33. The van der Waals surface area contributed by atoms with Crippen molar-refractivity contribution in [2.75, 3.05) is 5.32 Å². The molecular weight excluding hydrogens is 368 g/mol.